The molecule has 22 heavy (non-hydrogen) atoms. The summed E-state index contributed by atoms with van der Waals surface area (Å²) in [6.45, 7) is 0.746. The third kappa shape index (κ3) is 3.58. The Balaban J connectivity index is 2.22. The zero-order valence-corrected chi connectivity index (χ0v) is 13.6. The number of rotatable bonds is 5. The molecular weight excluding hydrogens is 274 g/mol. The molecule has 0 bridgehead atoms. The van der Waals surface area contributed by atoms with Crippen molar-refractivity contribution in [1.29, 1.82) is 0 Å². The standard InChI is InChI=1S/C18H23N3O/c1-19-18(22)15-9-7-8-14(12-15)13-21(4)17-11-6-5-10-16(17)20(2)3/h5-12H,13H2,1-4H3,(H,19,22). The van der Waals surface area contributed by atoms with E-state index in [-0.39, 0.29) is 5.91 Å². The molecule has 0 saturated heterocycles. The Morgan fingerprint density at radius 2 is 1.68 bits per heavy atom. The van der Waals surface area contributed by atoms with Crippen molar-refractivity contribution in [2.45, 2.75) is 6.54 Å². The van der Waals surface area contributed by atoms with Crippen molar-refractivity contribution in [2.24, 2.45) is 0 Å². The minimum absolute atomic E-state index is 0.0572. The van der Waals surface area contributed by atoms with Crippen molar-refractivity contribution in [3.8, 4) is 0 Å². The van der Waals surface area contributed by atoms with Crippen LogP contribution in [0.1, 0.15) is 15.9 Å². The van der Waals surface area contributed by atoms with E-state index in [9.17, 15) is 4.79 Å². The average molecular weight is 297 g/mol. The van der Waals surface area contributed by atoms with Gasteiger partial charge in [0.1, 0.15) is 0 Å². The van der Waals surface area contributed by atoms with Gasteiger partial charge in [0, 0.05) is 40.3 Å². The van der Waals surface area contributed by atoms with Gasteiger partial charge in [-0.1, -0.05) is 24.3 Å². The number of nitrogens with zero attached hydrogens (tertiary/aromatic N) is 2. The summed E-state index contributed by atoms with van der Waals surface area (Å²) in [7, 11) is 7.79. The normalized spacial score (nSPS) is 10.2. The second-order valence-electron chi connectivity index (χ2n) is 5.52. The van der Waals surface area contributed by atoms with Crippen LogP contribution in [0.5, 0.6) is 0 Å². The Bertz CT molecular complexity index is 652. The monoisotopic (exact) mass is 297 g/mol. The van der Waals surface area contributed by atoms with E-state index in [0.717, 1.165) is 17.8 Å². The molecule has 4 nitrogen and oxygen atoms in total. The fraction of sp³-hybridized carbons (Fsp3) is 0.278. The van der Waals surface area contributed by atoms with Crippen molar-refractivity contribution in [1.82, 2.24) is 5.32 Å². The summed E-state index contributed by atoms with van der Waals surface area (Å²) >= 11 is 0. The molecule has 0 aliphatic carbocycles. The van der Waals surface area contributed by atoms with Gasteiger partial charge in [-0.05, 0) is 29.8 Å². The van der Waals surface area contributed by atoms with Gasteiger partial charge in [-0.2, -0.15) is 0 Å². The van der Waals surface area contributed by atoms with Gasteiger partial charge in [0.05, 0.1) is 11.4 Å². The van der Waals surface area contributed by atoms with E-state index in [0.29, 0.717) is 5.56 Å². The number of benzene rings is 2. The summed E-state index contributed by atoms with van der Waals surface area (Å²) in [5.41, 5.74) is 4.14. The number of anilines is 2. The minimum Gasteiger partial charge on any atom is -0.376 e. The van der Waals surface area contributed by atoms with Crippen molar-refractivity contribution < 1.29 is 4.79 Å². The first kappa shape index (κ1) is 15.9. The first-order valence-corrected chi connectivity index (χ1v) is 7.31. The van der Waals surface area contributed by atoms with Crippen LogP contribution < -0.4 is 15.1 Å². The van der Waals surface area contributed by atoms with Gasteiger partial charge in [0.25, 0.3) is 5.91 Å². The largest absolute Gasteiger partial charge is 0.376 e. The number of hydrogen-bond donors (Lipinski definition) is 1. The number of carbonyl (C=O) groups is 1. The maximum atomic E-state index is 11.7. The van der Waals surface area contributed by atoms with Crippen LogP contribution in [0.25, 0.3) is 0 Å². The average Bonchev–Trinajstić information content (AvgIpc) is 2.54. The van der Waals surface area contributed by atoms with Gasteiger partial charge >= 0.3 is 0 Å². The molecule has 0 saturated carbocycles. The molecule has 2 aromatic rings. The zero-order valence-electron chi connectivity index (χ0n) is 13.6. The topological polar surface area (TPSA) is 35.6 Å². The lowest BCUT2D eigenvalue weighted by molar-refractivity contribution is 0.0963. The highest BCUT2D eigenvalue weighted by Crippen LogP contribution is 2.27. The van der Waals surface area contributed by atoms with Gasteiger partial charge in [-0.15, -0.1) is 0 Å². The molecule has 1 N–H and O–H groups in total. The van der Waals surface area contributed by atoms with E-state index < -0.39 is 0 Å². The first-order valence-electron chi connectivity index (χ1n) is 7.31. The molecule has 2 aromatic carbocycles. The maximum Gasteiger partial charge on any atom is 0.251 e. The number of nitrogens with one attached hydrogen (secondary N) is 1. The van der Waals surface area contributed by atoms with Crippen molar-refractivity contribution >= 4 is 17.3 Å². The Kier molecular flexibility index (Phi) is 5.04. The molecule has 1 amide bonds. The Morgan fingerprint density at radius 1 is 1.00 bits per heavy atom. The molecule has 0 spiro atoms. The fourth-order valence-corrected chi connectivity index (χ4v) is 2.48. The molecule has 0 atom stereocenters. The first-order chi connectivity index (χ1) is 10.5. The van der Waals surface area contributed by atoms with Crippen LogP contribution in [0.4, 0.5) is 11.4 Å². The van der Waals surface area contributed by atoms with Crippen molar-refractivity contribution in [3.05, 3.63) is 59.7 Å². The van der Waals surface area contributed by atoms with Gasteiger partial charge in [-0.3, -0.25) is 4.79 Å². The summed E-state index contributed by atoms with van der Waals surface area (Å²) in [5.74, 6) is -0.0572. The number of amides is 1. The van der Waals surface area contributed by atoms with E-state index in [4.69, 9.17) is 0 Å². The maximum absolute atomic E-state index is 11.7. The van der Waals surface area contributed by atoms with E-state index >= 15 is 0 Å². The molecule has 4 heteroatoms. The van der Waals surface area contributed by atoms with Crippen molar-refractivity contribution in [2.75, 3.05) is 38.0 Å². The lowest BCUT2D eigenvalue weighted by Gasteiger charge is -2.26. The van der Waals surface area contributed by atoms with Crippen molar-refractivity contribution in [3.63, 3.8) is 0 Å². The Morgan fingerprint density at radius 3 is 2.32 bits per heavy atom. The summed E-state index contributed by atoms with van der Waals surface area (Å²) in [4.78, 5) is 16.0. The molecule has 0 aromatic heterocycles. The van der Waals surface area contributed by atoms with E-state index in [1.54, 1.807) is 7.05 Å². The Labute approximate surface area is 132 Å². The predicted molar refractivity (Wildman–Crippen MR) is 92.7 cm³/mol. The summed E-state index contributed by atoms with van der Waals surface area (Å²) < 4.78 is 0. The molecule has 0 aliphatic heterocycles. The molecule has 2 rings (SSSR count). The predicted octanol–water partition coefficient (Wildman–Crippen LogP) is 2.75. The molecule has 0 unspecified atom stereocenters. The minimum atomic E-state index is -0.0572. The summed E-state index contributed by atoms with van der Waals surface area (Å²) in [6.07, 6.45) is 0. The lowest BCUT2D eigenvalue weighted by atomic mass is 10.1. The molecule has 0 aliphatic rings. The number of carbonyl (C=O) groups excluding carboxylic acids is 1. The highest BCUT2D eigenvalue weighted by molar-refractivity contribution is 5.94. The fourth-order valence-electron chi connectivity index (χ4n) is 2.48. The third-order valence-corrected chi connectivity index (χ3v) is 3.61. The van der Waals surface area contributed by atoms with Crippen LogP contribution in [-0.4, -0.2) is 34.1 Å². The Hall–Kier alpha value is -2.49. The molecule has 0 radical (unpaired) electrons. The zero-order chi connectivity index (χ0) is 16.1. The lowest BCUT2D eigenvalue weighted by Crippen LogP contribution is -2.21. The quantitative estimate of drug-likeness (QED) is 0.922. The van der Waals surface area contributed by atoms with Crippen LogP contribution in [0.2, 0.25) is 0 Å². The molecule has 0 fully saturated rings. The van der Waals surface area contributed by atoms with Gasteiger partial charge in [0.15, 0.2) is 0 Å². The van der Waals surface area contributed by atoms with Crippen LogP contribution in [-0.2, 0) is 6.54 Å². The second kappa shape index (κ2) is 6.98. The third-order valence-electron chi connectivity index (χ3n) is 3.61. The van der Waals surface area contributed by atoms with Crippen LogP contribution in [0.15, 0.2) is 48.5 Å². The van der Waals surface area contributed by atoms with Crippen LogP contribution >= 0.6 is 0 Å². The van der Waals surface area contributed by atoms with Crippen LogP contribution in [0.3, 0.4) is 0 Å². The highest BCUT2D eigenvalue weighted by Gasteiger charge is 2.10. The van der Waals surface area contributed by atoms with Gasteiger partial charge in [-0.25, -0.2) is 0 Å². The molecule has 0 heterocycles. The summed E-state index contributed by atoms with van der Waals surface area (Å²) in [5, 5.41) is 2.66. The number of para-hydroxylation sites is 2. The van der Waals surface area contributed by atoms with E-state index in [2.05, 4.69) is 34.3 Å². The van der Waals surface area contributed by atoms with Gasteiger partial charge in [0.2, 0.25) is 0 Å². The second-order valence-corrected chi connectivity index (χ2v) is 5.52. The smallest absolute Gasteiger partial charge is 0.251 e. The van der Waals surface area contributed by atoms with E-state index in [1.807, 2.05) is 50.5 Å². The summed E-state index contributed by atoms with van der Waals surface area (Å²) in [6, 6.07) is 16.0. The van der Waals surface area contributed by atoms with Crippen LogP contribution in [0, 0.1) is 0 Å². The van der Waals surface area contributed by atoms with Gasteiger partial charge < -0.3 is 15.1 Å². The molecular formula is C18H23N3O. The SMILES string of the molecule is CNC(=O)c1cccc(CN(C)c2ccccc2N(C)C)c1. The number of hydrogen-bond acceptors (Lipinski definition) is 3. The van der Waals surface area contributed by atoms with E-state index in [1.165, 1.54) is 5.69 Å². The highest BCUT2D eigenvalue weighted by atomic mass is 16.1. The molecule has 116 valence electrons.